The highest BCUT2D eigenvalue weighted by molar-refractivity contribution is 7.45. The third-order valence-corrected chi connectivity index (χ3v) is 12.7. The molecule has 0 bridgehead atoms. The Hall–Kier alpha value is -1.02. The van der Waals surface area contributed by atoms with Gasteiger partial charge in [0, 0.05) is 6.42 Å². The number of unbranched alkanes of at least 4 members (excludes halogenated alkanes) is 30. The number of phosphoric ester groups is 1. The van der Waals surface area contributed by atoms with E-state index >= 15 is 0 Å². The van der Waals surface area contributed by atoms with Crippen molar-refractivity contribution in [2.75, 3.05) is 40.9 Å². The van der Waals surface area contributed by atoms with Gasteiger partial charge in [-0.15, -0.1) is 0 Å². The molecular formula is C51H101N2O6P. The zero-order valence-corrected chi connectivity index (χ0v) is 41.3. The largest absolute Gasteiger partial charge is 0.756 e. The molecule has 9 heteroatoms. The third-order valence-electron chi connectivity index (χ3n) is 11.7. The minimum atomic E-state index is -4.56. The molecule has 2 N–H and O–H groups in total. The van der Waals surface area contributed by atoms with Gasteiger partial charge < -0.3 is 28.8 Å². The Labute approximate surface area is 373 Å². The van der Waals surface area contributed by atoms with Gasteiger partial charge in [0.25, 0.3) is 7.82 Å². The number of hydrogen-bond acceptors (Lipinski definition) is 6. The molecule has 3 atom stereocenters. The Morgan fingerprint density at radius 1 is 0.583 bits per heavy atom. The van der Waals surface area contributed by atoms with Crippen molar-refractivity contribution in [3.63, 3.8) is 0 Å². The van der Waals surface area contributed by atoms with Crippen molar-refractivity contribution in [3.05, 3.63) is 24.3 Å². The van der Waals surface area contributed by atoms with Crippen LogP contribution < -0.4 is 10.2 Å². The van der Waals surface area contributed by atoms with Gasteiger partial charge >= 0.3 is 0 Å². The highest BCUT2D eigenvalue weighted by Crippen LogP contribution is 2.38. The second kappa shape index (κ2) is 43.2. The predicted octanol–water partition coefficient (Wildman–Crippen LogP) is 14.2. The number of likely N-dealkylation sites (N-methyl/N-ethyl adjacent to an activating group) is 1. The summed E-state index contributed by atoms with van der Waals surface area (Å²) in [5, 5.41) is 13.9. The lowest BCUT2D eigenvalue weighted by atomic mass is 10.0. The zero-order chi connectivity index (χ0) is 44.3. The van der Waals surface area contributed by atoms with Gasteiger partial charge in [-0.25, -0.2) is 0 Å². The lowest BCUT2D eigenvalue weighted by molar-refractivity contribution is -0.870. The van der Waals surface area contributed by atoms with Crippen LogP contribution in [0.4, 0.5) is 0 Å². The summed E-state index contributed by atoms with van der Waals surface area (Å²) in [6, 6.07) is -0.798. The van der Waals surface area contributed by atoms with Crippen LogP contribution in [0.25, 0.3) is 0 Å². The highest BCUT2D eigenvalue weighted by Gasteiger charge is 2.24. The summed E-state index contributed by atoms with van der Waals surface area (Å²) < 4.78 is 23.3. The second-order valence-corrected chi connectivity index (χ2v) is 20.3. The van der Waals surface area contributed by atoms with Crippen LogP contribution in [-0.2, 0) is 18.4 Å². The number of carbonyl (C=O) groups excluding carboxylic acids is 1. The fraction of sp³-hybridized carbons (Fsp3) is 0.902. The fourth-order valence-electron chi connectivity index (χ4n) is 7.60. The Kier molecular flexibility index (Phi) is 42.5. The molecule has 60 heavy (non-hydrogen) atoms. The van der Waals surface area contributed by atoms with Crippen LogP contribution in [0.3, 0.4) is 0 Å². The molecule has 0 aliphatic heterocycles. The van der Waals surface area contributed by atoms with Gasteiger partial charge in [0.2, 0.25) is 5.91 Å². The molecule has 0 heterocycles. The smallest absolute Gasteiger partial charge is 0.268 e. The Morgan fingerprint density at radius 2 is 0.967 bits per heavy atom. The molecule has 0 aromatic heterocycles. The van der Waals surface area contributed by atoms with Crippen molar-refractivity contribution in [3.8, 4) is 0 Å². The Balaban J connectivity index is 4.16. The van der Waals surface area contributed by atoms with Gasteiger partial charge in [-0.1, -0.05) is 218 Å². The summed E-state index contributed by atoms with van der Waals surface area (Å²) in [4.78, 5) is 25.4. The monoisotopic (exact) mass is 869 g/mol. The number of nitrogens with one attached hydrogen (secondary N) is 1. The molecule has 0 spiro atoms. The summed E-state index contributed by atoms with van der Waals surface area (Å²) in [6.45, 7) is 4.72. The number of rotatable bonds is 47. The maximum absolute atomic E-state index is 12.9. The number of quaternary nitrogens is 1. The lowest BCUT2D eigenvalue weighted by Gasteiger charge is -2.30. The predicted molar refractivity (Wildman–Crippen MR) is 256 cm³/mol. The molecule has 0 aromatic carbocycles. The molecule has 0 saturated carbocycles. The van der Waals surface area contributed by atoms with Gasteiger partial charge in [-0.05, 0) is 44.9 Å². The molecular weight excluding hydrogens is 768 g/mol. The van der Waals surface area contributed by atoms with E-state index in [2.05, 4.69) is 43.5 Å². The molecule has 0 fully saturated rings. The number of aliphatic hydroxyl groups excluding tert-OH is 1. The first-order chi connectivity index (χ1) is 29.0. The average Bonchev–Trinajstić information content (AvgIpc) is 3.20. The lowest BCUT2D eigenvalue weighted by Crippen LogP contribution is -2.46. The van der Waals surface area contributed by atoms with Crippen LogP contribution in [0.2, 0.25) is 0 Å². The standard InChI is InChI=1S/C51H101N2O6P/c1-6-8-10-12-14-16-18-20-21-22-23-24-25-26-27-28-29-30-31-33-35-37-39-41-43-45-51(55)52-49(48-59-60(56,57)58-47-46-53(3,4)5)50(54)44-42-40-38-36-34-32-19-17-15-13-11-9-7-2/h18,20,22-23,49-50,54H,6-17,19,21,24-48H2,1-5H3,(H-,52,55,56,57)/b20-18-,23-22-. The van der Waals surface area contributed by atoms with Crippen LogP contribution >= 0.6 is 7.82 Å². The summed E-state index contributed by atoms with van der Waals surface area (Å²) in [5.41, 5.74) is 0. The number of nitrogens with zero attached hydrogens (tertiary/aromatic N) is 1. The fourth-order valence-corrected chi connectivity index (χ4v) is 8.32. The molecule has 356 valence electrons. The minimum Gasteiger partial charge on any atom is -0.756 e. The van der Waals surface area contributed by atoms with Crippen molar-refractivity contribution < 1.29 is 32.9 Å². The van der Waals surface area contributed by atoms with Crippen LogP contribution in [0.15, 0.2) is 24.3 Å². The molecule has 0 rings (SSSR count). The van der Waals surface area contributed by atoms with E-state index in [0.717, 1.165) is 44.9 Å². The highest BCUT2D eigenvalue weighted by atomic mass is 31.2. The van der Waals surface area contributed by atoms with Crippen LogP contribution in [-0.4, -0.2) is 68.5 Å². The first-order valence-electron chi connectivity index (χ1n) is 25.7. The van der Waals surface area contributed by atoms with Crippen LogP contribution in [0, 0.1) is 0 Å². The van der Waals surface area contributed by atoms with E-state index < -0.39 is 20.0 Å². The third kappa shape index (κ3) is 45.0. The summed E-state index contributed by atoms with van der Waals surface area (Å²) in [7, 11) is 1.31. The molecule has 1 amide bonds. The number of carbonyl (C=O) groups is 1. The van der Waals surface area contributed by atoms with Crippen LogP contribution in [0.1, 0.15) is 245 Å². The van der Waals surface area contributed by atoms with Gasteiger partial charge in [0.15, 0.2) is 0 Å². The van der Waals surface area contributed by atoms with Crippen molar-refractivity contribution in [2.24, 2.45) is 0 Å². The molecule has 0 saturated heterocycles. The topological polar surface area (TPSA) is 108 Å². The van der Waals surface area contributed by atoms with E-state index in [0.29, 0.717) is 23.9 Å². The quantitative estimate of drug-likeness (QED) is 0.0273. The average molecular weight is 869 g/mol. The first-order valence-corrected chi connectivity index (χ1v) is 27.1. The first kappa shape index (κ1) is 59.0. The molecule has 0 aliphatic rings. The number of aliphatic hydroxyl groups is 1. The number of hydrogen-bond donors (Lipinski definition) is 2. The Bertz CT molecular complexity index is 1030. The second-order valence-electron chi connectivity index (χ2n) is 18.9. The maximum atomic E-state index is 12.9. The minimum absolute atomic E-state index is 0.0133. The molecule has 0 aliphatic carbocycles. The molecule has 0 aromatic rings. The molecule has 8 nitrogen and oxygen atoms in total. The van der Waals surface area contributed by atoms with E-state index in [9.17, 15) is 19.4 Å². The normalized spacial score (nSPS) is 14.3. The van der Waals surface area contributed by atoms with E-state index in [-0.39, 0.29) is 19.1 Å². The van der Waals surface area contributed by atoms with Gasteiger partial charge in [0.05, 0.1) is 39.9 Å². The van der Waals surface area contributed by atoms with Crippen molar-refractivity contribution >= 4 is 13.7 Å². The van der Waals surface area contributed by atoms with E-state index in [1.54, 1.807) is 0 Å². The van der Waals surface area contributed by atoms with Crippen LogP contribution in [0.5, 0.6) is 0 Å². The zero-order valence-electron chi connectivity index (χ0n) is 40.4. The summed E-state index contributed by atoms with van der Waals surface area (Å²) in [6.07, 6.45) is 51.9. The van der Waals surface area contributed by atoms with Crippen molar-refractivity contribution in [1.82, 2.24) is 5.32 Å². The van der Waals surface area contributed by atoms with Crippen molar-refractivity contribution in [2.45, 2.75) is 257 Å². The Morgan fingerprint density at radius 3 is 1.38 bits per heavy atom. The van der Waals surface area contributed by atoms with Gasteiger partial charge in [-0.2, -0.15) is 0 Å². The summed E-state index contributed by atoms with van der Waals surface area (Å²) in [5.74, 6) is -0.164. The molecule has 3 unspecified atom stereocenters. The number of allylic oxidation sites excluding steroid dienone is 4. The van der Waals surface area contributed by atoms with E-state index in [1.807, 2.05) is 21.1 Å². The number of phosphoric acid groups is 1. The van der Waals surface area contributed by atoms with Crippen molar-refractivity contribution in [1.29, 1.82) is 0 Å². The van der Waals surface area contributed by atoms with E-state index in [4.69, 9.17) is 9.05 Å². The van der Waals surface area contributed by atoms with Gasteiger partial charge in [-0.3, -0.25) is 9.36 Å². The summed E-state index contributed by atoms with van der Waals surface area (Å²) >= 11 is 0. The maximum Gasteiger partial charge on any atom is 0.268 e. The molecule has 0 radical (unpaired) electrons. The van der Waals surface area contributed by atoms with Gasteiger partial charge in [0.1, 0.15) is 13.2 Å². The van der Waals surface area contributed by atoms with E-state index in [1.165, 1.54) is 173 Å². The number of amides is 1. The SMILES string of the molecule is CCCCCCC/C=C\C/C=C\CCCCCCCCCCCCCCCC(=O)NC(COP(=O)([O-])OCC[N+](C)(C)C)C(O)CCCCCCCCCCCCCCC.